The number of aryl methyl sites for hydroxylation is 1. The number of nitrogens with two attached hydrogens (primary N) is 1. The van der Waals surface area contributed by atoms with Gasteiger partial charge >= 0.3 is 0 Å². The van der Waals surface area contributed by atoms with E-state index in [2.05, 4.69) is 17.7 Å². The summed E-state index contributed by atoms with van der Waals surface area (Å²) in [6.45, 7) is 2.72. The number of nitrogens with zero attached hydrogens (tertiary/aromatic N) is 2. The van der Waals surface area contributed by atoms with Crippen LogP contribution >= 0.6 is 11.6 Å². The van der Waals surface area contributed by atoms with E-state index in [1.165, 1.54) is 24.1 Å². The molecule has 0 atom stereocenters. The van der Waals surface area contributed by atoms with Crippen LogP contribution in [0.1, 0.15) is 35.7 Å². The third-order valence-electron chi connectivity index (χ3n) is 3.58. The monoisotopic (exact) mass is 275 g/mol. The van der Waals surface area contributed by atoms with Crippen molar-refractivity contribution in [1.82, 2.24) is 9.78 Å². The minimum absolute atomic E-state index is 0.635. The van der Waals surface area contributed by atoms with Crippen LogP contribution in [0.5, 0.6) is 0 Å². The largest absolute Gasteiger partial charge is 0.330 e. The number of rotatable bonds is 4. The minimum atomic E-state index is 0.635. The molecule has 2 N–H and O–H groups in total. The lowest BCUT2D eigenvalue weighted by Gasteiger charge is -2.10. The number of hydrogen-bond acceptors (Lipinski definition) is 2. The van der Waals surface area contributed by atoms with Gasteiger partial charge in [-0.05, 0) is 50.1 Å². The molecule has 0 aliphatic heterocycles. The lowest BCUT2D eigenvalue weighted by molar-refractivity contribution is 0.777. The van der Waals surface area contributed by atoms with Crippen LogP contribution in [0.25, 0.3) is 5.69 Å². The number of benzene rings is 1. The van der Waals surface area contributed by atoms with E-state index in [1.807, 2.05) is 18.2 Å². The molecule has 19 heavy (non-hydrogen) atoms. The summed E-state index contributed by atoms with van der Waals surface area (Å²) in [7, 11) is 0. The summed E-state index contributed by atoms with van der Waals surface area (Å²) in [6.07, 6.45) is 3.34. The molecule has 3 rings (SSSR count). The summed E-state index contributed by atoms with van der Waals surface area (Å²) < 4.78 is 2.06. The Morgan fingerprint density at radius 1 is 1.37 bits per heavy atom. The van der Waals surface area contributed by atoms with Crippen LogP contribution in [0.2, 0.25) is 5.02 Å². The van der Waals surface area contributed by atoms with E-state index in [4.69, 9.17) is 22.4 Å². The Labute approximate surface area is 118 Å². The third kappa shape index (κ3) is 2.53. The van der Waals surface area contributed by atoms with Crippen molar-refractivity contribution >= 4 is 11.6 Å². The Balaban J connectivity index is 2.09. The molecule has 1 aliphatic rings. The molecule has 1 aliphatic carbocycles. The van der Waals surface area contributed by atoms with Crippen LogP contribution in [-0.2, 0) is 6.42 Å². The van der Waals surface area contributed by atoms with Crippen molar-refractivity contribution in [2.45, 2.75) is 32.1 Å². The van der Waals surface area contributed by atoms with Crippen molar-refractivity contribution in [3.05, 3.63) is 46.2 Å². The van der Waals surface area contributed by atoms with Gasteiger partial charge in [-0.3, -0.25) is 0 Å². The summed E-state index contributed by atoms with van der Waals surface area (Å²) in [6, 6.07) is 8.15. The summed E-state index contributed by atoms with van der Waals surface area (Å²) >= 11 is 6.12. The predicted octanol–water partition coefficient (Wildman–Crippen LogP) is 3.21. The topological polar surface area (TPSA) is 43.8 Å². The Hall–Kier alpha value is -1.32. The van der Waals surface area contributed by atoms with Crippen molar-refractivity contribution in [2.24, 2.45) is 5.73 Å². The fraction of sp³-hybridized carbons (Fsp3) is 0.400. The highest BCUT2D eigenvalue weighted by atomic mass is 35.5. The Morgan fingerprint density at radius 3 is 2.84 bits per heavy atom. The van der Waals surface area contributed by atoms with Crippen LogP contribution in [0.15, 0.2) is 24.3 Å². The molecule has 1 aromatic carbocycles. The zero-order valence-corrected chi connectivity index (χ0v) is 11.8. The predicted molar refractivity (Wildman–Crippen MR) is 78.0 cm³/mol. The molecule has 3 nitrogen and oxygen atoms in total. The smallest absolute Gasteiger partial charge is 0.0692 e. The molecule has 0 amide bonds. The molecule has 1 fully saturated rings. The van der Waals surface area contributed by atoms with E-state index in [-0.39, 0.29) is 0 Å². The maximum absolute atomic E-state index is 6.12. The first-order valence-electron chi connectivity index (χ1n) is 6.74. The van der Waals surface area contributed by atoms with Gasteiger partial charge in [0.05, 0.1) is 11.4 Å². The molecule has 0 radical (unpaired) electrons. The van der Waals surface area contributed by atoms with Crippen LogP contribution in [0, 0.1) is 6.92 Å². The van der Waals surface area contributed by atoms with Gasteiger partial charge in [0.1, 0.15) is 0 Å². The maximum atomic E-state index is 6.12. The maximum Gasteiger partial charge on any atom is 0.0692 e. The average Bonchev–Trinajstić information content (AvgIpc) is 3.15. The van der Waals surface area contributed by atoms with E-state index in [0.29, 0.717) is 12.5 Å². The number of aromatic nitrogens is 2. The SMILES string of the molecule is Cc1ccc(Cl)cc1-n1nc(CCN)cc1C1CC1. The second-order valence-corrected chi connectivity index (χ2v) is 5.65. The zero-order chi connectivity index (χ0) is 13.4. The van der Waals surface area contributed by atoms with Crippen LogP contribution in [-0.4, -0.2) is 16.3 Å². The lowest BCUT2D eigenvalue weighted by Crippen LogP contribution is -2.06. The fourth-order valence-corrected chi connectivity index (χ4v) is 2.56. The summed E-state index contributed by atoms with van der Waals surface area (Å²) in [5.41, 5.74) is 10.3. The van der Waals surface area contributed by atoms with E-state index in [9.17, 15) is 0 Å². The molecule has 4 heteroatoms. The molecule has 0 saturated heterocycles. The Kier molecular flexibility index (Phi) is 3.33. The van der Waals surface area contributed by atoms with Crippen molar-refractivity contribution in [2.75, 3.05) is 6.54 Å². The summed E-state index contributed by atoms with van der Waals surface area (Å²) in [5, 5.41) is 5.46. The summed E-state index contributed by atoms with van der Waals surface area (Å²) in [4.78, 5) is 0. The molecule has 1 saturated carbocycles. The fourth-order valence-electron chi connectivity index (χ4n) is 2.39. The normalized spacial score (nSPS) is 14.9. The van der Waals surface area contributed by atoms with Gasteiger partial charge in [-0.1, -0.05) is 17.7 Å². The van der Waals surface area contributed by atoms with E-state index < -0.39 is 0 Å². The molecule has 0 unspecified atom stereocenters. The van der Waals surface area contributed by atoms with Gasteiger partial charge < -0.3 is 5.73 Å². The molecule has 0 bridgehead atoms. The van der Waals surface area contributed by atoms with Crippen molar-refractivity contribution in [3.63, 3.8) is 0 Å². The van der Waals surface area contributed by atoms with Gasteiger partial charge in [0.2, 0.25) is 0 Å². The zero-order valence-electron chi connectivity index (χ0n) is 11.1. The first kappa shape index (κ1) is 12.7. The van der Waals surface area contributed by atoms with Gasteiger partial charge in [0.15, 0.2) is 0 Å². The Morgan fingerprint density at radius 2 is 2.16 bits per heavy atom. The Bertz CT molecular complexity index is 599. The molecule has 100 valence electrons. The highest BCUT2D eigenvalue weighted by Crippen LogP contribution is 2.41. The molecular weight excluding hydrogens is 258 g/mol. The molecule has 1 heterocycles. The minimum Gasteiger partial charge on any atom is -0.330 e. The third-order valence-corrected chi connectivity index (χ3v) is 3.82. The van der Waals surface area contributed by atoms with Gasteiger partial charge in [-0.2, -0.15) is 5.10 Å². The summed E-state index contributed by atoms with van der Waals surface area (Å²) in [5.74, 6) is 0.650. The van der Waals surface area contributed by atoms with E-state index >= 15 is 0 Å². The quantitative estimate of drug-likeness (QED) is 0.931. The van der Waals surface area contributed by atoms with Crippen molar-refractivity contribution < 1.29 is 0 Å². The van der Waals surface area contributed by atoms with Crippen molar-refractivity contribution in [1.29, 1.82) is 0 Å². The van der Waals surface area contributed by atoms with Crippen LogP contribution in [0.3, 0.4) is 0 Å². The average molecular weight is 276 g/mol. The molecular formula is C15H18ClN3. The number of hydrogen-bond donors (Lipinski definition) is 1. The van der Waals surface area contributed by atoms with Crippen LogP contribution < -0.4 is 5.73 Å². The standard InChI is InChI=1S/C15H18ClN3/c1-10-2-5-12(16)8-14(10)19-15(11-3-4-11)9-13(18-19)6-7-17/h2,5,8-9,11H,3-4,6-7,17H2,1H3. The van der Waals surface area contributed by atoms with Gasteiger partial charge in [-0.25, -0.2) is 4.68 Å². The first-order chi connectivity index (χ1) is 9.19. The second kappa shape index (κ2) is 4.99. The van der Waals surface area contributed by atoms with E-state index in [0.717, 1.165) is 22.8 Å². The highest BCUT2D eigenvalue weighted by Gasteiger charge is 2.28. The van der Waals surface area contributed by atoms with Gasteiger partial charge in [0.25, 0.3) is 0 Å². The van der Waals surface area contributed by atoms with Crippen molar-refractivity contribution in [3.8, 4) is 5.69 Å². The first-order valence-corrected chi connectivity index (χ1v) is 7.12. The van der Waals surface area contributed by atoms with E-state index in [1.54, 1.807) is 0 Å². The highest BCUT2D eigenvalue weighted by molar-refractivity contribution is 6.30. The van der Waals surface area contributed by atoms with Gasteiger partial charge in [0, 0.05) is 23.1 Å². The van der Waals surface area contributed by atoms with Crippen LogP contribution in [0.4, 0.5) is 0 Å². The molecule has 0 spiro atoms. The molecule has 2 aromatic rings. The second-order valence-electron chi connectivity index (χ2n) is 5.22. The molecule has 1 aromatic heterocycles. The lowest BCUT2D eigenvalue weighted by atomic mass is 10.2. The number of halogens is 1. The van der Waals surface area contributed by atoms with Gasteiger partial charge in [-0.15, -0.1) is 0 Å².